The van der Waals surface area contributed by atoms with Gasteiger partial charge in [0.1, 0.15) is 11.5 Å². The Morgan fingerprint density at radius 3 is 2.48 bits per heavy atom. The van der Waals surface area contributed by atoms with Crippen LogP contribution >= 0.6 is 22.9 Å². The number of urea groups is 1. The van der Waals surface area contributed by atoms with Crippen LogP contribution in [0.25, 0.3) is 0 Å². The Morgan fingerprint density at radius 1 is 1.22 bits per heavy atom. The predicted molar refractivity (Wildman–Crippen MR) is 111 cm³/mol. The molecular weight excluding hydrogens is 384 g/mol. The molecule has 0 fully saturated rings. The number of thiophene rings is 1. The van der Waals surface area contributed by atoms with Crippen molar-refractivity contribution in [2.24, 2.45) is 5.73 Å². The Labute approximate surface area is 167 Å². The Hall–Kier alpha value is -2.09. The number of amides is 3. The number of nitrogens with one attached hydrogen (secondary N) is 2. The van der Waals surface area contributed by atoms with E-state index in [0.29, 0.717) is 27.3 Å². The van der Waals surface area contributed by atoms with Crippen molar-refractivity contribution in [3.8, 4) is 0 Å². The molecule has 3 amide bonds. The maximum Gasteiger partial charge on any atom is 0.324 e. The fraction of sp³-hybridized carbons (Fsp3) is 0.368. The van der Waals surface area contributed by atoms with Crippen molar-refractivity contribution in [3.63, 3.8) is 0 Å². The van der Waals surface area contributed by atoms with Gasteiger partial charge in [0.05, 0.1) is 30.1 Å². The monoisotopic (exact) mass is 407 g/mol. The summed E-state index contributed by atoms with van der Waals surface area (Å²) >= 11 is 7.30. The average Bonchev–Trinajstić information content (AvgIpc) is 2.93. The number of primary amides is 1. The molecule has 4 N–H and O–H groups in total. The maximum absolute atomic E-state index is 12.4. The van der Waals surface area contributed by atoms with Crippen LogP contribution in [-0.2, 0) is 13.0 Å². The lowest BCUT2D eigenvalue weighted by Crippen LogP contribution is -2.52. The van der Waals surface area contributed by atoms with Crippen LogP contribution < -0.4 is 16.4 Å². The number of rotatable bonds is 4. The summed E-state index contributed by atoms with van der Waals surface area (Å²) in [7, 11) is 2.22. The molecule has 8 heteroatoms. The molecule has 6 nitrogen and oxygen atoms in total. The minimum atomic E-state index is -0.505. The van der Waals surface area contributed by atoms with Crippen molar-refractivity contribution in [1.29, 1.82) is 0 Å². The second-order valence-corrected chi connectivity index (χ2v) is 8.90. The smallest absolute Gasteiger partial charge is 0.324 e. The Bertz CT molecular complexity index is 879. The number of nitrogens with zero attached hydrogens (tertiary/aromatic N) is 1. The number of fused-ring (bicyclic) bond motifs is 1. The van der Waals surface area contributed by atoms with Gasteiger partial charge in [0.25, 0.3) is 5.91 Å². The van der Waals surface area contributed by atoms with E-state index in [9.17, 15) is 9.59 Å². The fourth-order valence-electron chi connectivity index (χ4n) is 3.27. The lowest BCUT2D eigenvalue weighted by molar-refractivity contribution is -0.943. The van der Waals surface area contributed by atoms with Crippen molar-refractivity contribution in [2.75, 3.05) is 24.2 Å². The van der Waals surface area contributed by atoms with Crippen molar-refractivity contribution in [1.82, 2.24) is 0 Å². The van der Waals surface area contributed by atoms with Crippen LogP contribution in [0.15, 0.2) is 24.3 Å². The first-order chi connectivity index (χ1) is 12.7. The lowest BCUT2D eigenvalue weighted by Gasteiger charge is -2.41. The van der Waals surface area contributed by atoms with Gasteiger partial charge in [-0.1, -0.05) is 11.6 Å². The van der Waals surface area contributed by atoms with Crippen LogP contribution in [-0.4, -0.2) is 36.1 Å². The van der Waals surface area contributed by atoms with Gasteiger partial charge in [-0.2, -0.15) is 0 Å². The van der Waals surface area contributed by atoms with Crippen LogP contribution in [0.2, 0.25) is 5.02 Å². The third kappa shape index (κ3) is 4.10. The molecule has 1 unspecified atom stereocenters. The van der Waals surface area contributed by atoms with E-state index in [1.807, 2.05) is 0 Å². The van der Waals surface area contributed by atoms with Gasteiger partial charge >= 0.3 is 6.03 Å². The minimum Gasteiger partial charge on any atom is -0.365 e. The van der Waals surface area contributed by atoms with Crippen LogP contribution in [0.3, 0.4) is 0 Å². The Morgan fingerprint density at radius 2 is 1.89 bits per heavy atom. The summed E-state index contributed by atoms with van der Waals surface area (Å²) in [4.78, 5) is 25.6. The van der Waals surface area contributed by atoms with Gasteiger partial charge in [-0.3, -0.25) is 10.1 Å². The summed E-state index contributed by atoms with van der Waals surface area (Å²) in [6, 6.07) is 6.87. The number of anilines is 2. The summed E-state index contributed by atoms with van der Waals surface area (Å²) in [5, 5.41) is 6.64. The summed E-state index contributed by atoms with van der Waals surface area (Å²) in [5.74, 6) is -0.505. The SMILES string of the molecule is CC(C)[N+]1(C)CCc2c(sc(NC(=O)Nc3ccc(Cl)cc3)c2C(N)=O)C1. The molecule has 0 bridgehead atoms. The van der Waals surface area contributed by atoms with Gasteiger partial charge in [0, 0.05) is 17.1 Å². The van der Waals surface area contributed by atoms with Gasteiger partial charge in [0.2, 0.25) is 0 Å². The second kappa shape index (κ2) is 7.50. The molecule has 0 saturated carbocycles. The first-order valence-corrected chi connectivity index (χ1v) is 10.0. The van der Waals surface area contributed by atoms with E-state index in [1.165, 1.54) is 11.3 Å². The highest BCUT2D eigenvalue weighted by Crippen LogP contribution is 2.39. The Balaban J connectivity index is 1.83. The molecule has 144 valence electrons. The van der Waals surface area contributed by atoms with E-state index in [2.05, 4.69) is 31.5 Å². The number of quaternary nitrogens is 1. The zero-order valence-electron chi connectivity index (χ0n) is 15.6. The standard InChI is InChI=1S/C19H23ClN4O2S/c1-11(2)24(3)9-8-14-15(10-24)27-18(16(14)17(21)25)23-19(26)22-13-6-4-12(20)5-7-13/h4-7,11H,8-10H2,1-3H3,(H3-,21,22,23,25,26)/p+1. The molecule has 0 radical (unpaired) electrons. The van der Waals surface area contributed by atoms with Crippen LogP contribution in [0.1, 0.15) is 34.6 Å². The molecule has 0 spiro atoms. The lowest BCUT2D eigenvalue weighted by atomic mass is 9.99. The molecule has 1 aliphatic heterocycles. The summed E-state index contributed by atoms with van der Waals surface area (Å²) < 4.78 is 0.905. The van der Waals surface area contributed by atoms with Crippen molar-refractivity contribution in [2.45, 2.75) is 32.9 Å². The first kappa shape index (κ1) is 19.7. The third-order valence-corrected chi connectivity index (χ3v) is 6.67. The molecule has 2 heterocycles. The zero-order chi connectivity index (χ0) is 19.8. The normalized spacial score (nSPS) is 18.9. The largest absolute Gasteiger partial charge is 0.365 e. The first-order valence-electron chi connectivity index (χ1n) is 8.82. The number of nitrogens with two attached hydrogens (primary N) is 1. The molecule has 1 aromatic heterocycles. The molecule has 2 aromatic rings. The quantitative estimate of drug-likeness (QED) is 0.668. The molecule has 0 saturated heterocycles. The van der Waals surface area contributed by atoms with E-state index >= 15 is 0 Å². The van der Waals surface area contributed by atoms with E-state index in [4.69, 9.17) is 17.3 Å². The van der Waals surface area contributed by atoms with E-state index in [-0.39, 0.29) is 0 Å². The molecule has 3 rings (SSSR count). The van der Waals surface area contributed by atoms with Crippen LogP contribution in [0.5, 0.6) is 0 Å². The number of halogens is 1. The fourth-order valence-corrected chi connectivity index (χ4v) is 4.80. The van der Waals surface area contributed by atoms with Crippen molar-refractivity contribution < 1.29 is 14.1 Å². The number of hydrogen-bond acceptors (Lipinski definition) is 3. The maximum atomic E-state index is 12.4. The summed E-state index contributed by atoms with van der Waals surface area (Å²) in [6.45, 7) is 6.18. The average molecular weight is 408 g/mol. The highest BCUT2D eigenvalue weighted by molar-refractivity contribution is 7.17. The van der Waals surface area contributed by atoms with Crippen molar-refractivity contribution in [3.05, 3.63) is 45.3 Å². The Kier molecular flexibility index (Phi) is 5.46. The van der Waals surface area contributed by atoms with Gasteiger partial charge in [-0.25, -0.2) is 4.79 Å². The number of likely N-dealkylation sites (N-methyl/N-ethyl adjacent to an activating group) is 1. The molecule has 0 aliphatic carbocycles. The number of carbonyl (C=O) groups excluding carboxylic acids is 2. The molecule has 1 atom stereocenters. The van der Waals surface area contributed by atoms with E-state index in [0.717, 1.165) is 34.4 Å². The topological polar surface area (TPSA) is 84.2 Å². The van der Waals surface area contributed by atoms with Crippen LogP contribution in [0.4, 0.5) is 15.5 Å². The number of benzene rings is 1. The van der Waals surface area contributed by atoms with Crippen LogP contribution in [0, 0.1) is 0 Å². The van der Waals surface area contributed by atoms with E-state index in [1.54, 1.807) is 24.3 Å². The summed E-state index contributed by atoms with van der Waals surface area (Å²) in [6.07, 6.45) is 0.777. The molecular formula is C19H24ClN4O2S+. The van der Waals surface area contributed by atoms with Gasteiger partial charge < -0.3 is 15.5 Å². The van der Waals surface area contributed by atoms with E-state index < -0.39 is 11.9 Å². The minimum absolute atomic E-state index is 0.417. The predicted octanol–water partition coefficient (Wildman–Crippen LogP) is 4.06. The summed E-state index contributed by atoms with van der Waals surface area (Å²) in [5.41, 5.74) is 7.66. The van der Waals surface area contributed by atoms with Gasteiger partial charge in [-0.15, -0.1) is 11.3 Å². The van der Waals surface area contributed by atoms with Crippen molar-refractivity contribution >= 4 is 45.6 Å². The molecule has 27 heavy (non-hydrogen) atoms. The number of carbonyl (C=O) groups is 2. The second-order valence-electron chi connectivity index (χ2n) is 7.36. The third-order valence-electron chi connectivity index (χ3n) is 5.29. The highest BCUT2D eigenvalue weighted by atomic mass is 35.5. The van der Waals surface area contributed by atoms with Gasteiger partial charge in [-0.05, 0) is 43.7 Å². The highest BCUT2D eigenvalue weighted by Gasteiger charge is 2.36. The number of hydrogen-bond donors (Lipinski definition) is 3. The zero-order valence-corrected chi connectivity index (χ0v) is 17.2. The molecule has 1 aromatic carbocycles. The molecule has 1 aliphatic rings. The van der Waals surface area contributed by atoms with Gasteiger partial charge in [0.15, 0.2) is 0 Å².